The first kappa shape index (κ1) is 14.0. The van der Waals surface area contributed by atoms with E-state index in [9.17, 15) is 0 Å². The lowest BCUT2D eigenvalue weighted by Crippen LogP contribution is -2.48. The van der Waals surface area contributed by atoms with Crippen molar-refractivity contribution < 1.29 is 4.74 Å². The monoisotopic (exact) mass is 268 g/mol. The first-order valence-corrected chi connectivity index (χ1v) is 7.46. The minimum absolute atomic E-state index is 0.0576. The van der Waals surface area contributed by atoms with Gasteiger partial charge in [-0.3, -0.25) is 11.3 Å². The Morgan fingerprint density at radius 3 is 2.67 bits per heavy atom. The van der Waals surface area contributed by atoms with Gasteiger partial charge in [0.15, 0.2) is 0 Å². The van der Waals surface area contributed by atoms with Gasteiger partial charge in [-0.2, -0.15) is 11.3 Å². The number of ether oxygens (including phenoxy) is 1. The molecule has 2 atom stereocenters. The third-order valence-corrected chi connectivity index (χ3v) is 4.61. The van der Waals surface area contributed by atoms with Crippen LogP contribution in [0.1, 0.15) is 39.7 Å². The number of rotatable bonds is 4. The predicted molar refractivity (Wildman–Crippen MR) is 76.5 cm³/mol. The van der Waals surface area contributed by atoms with Crippen LogP contribution in [-0.4, -0.2) is 17.2 Å². The zero-order chi connectivity index (χ0) is 13.4. The number of hydrogen-bond donors (Lipinski definition) is 2. The summed E-state index contributed by atoms with van der Waals surface area (Å²) in [7, 11) is 0. The summed E-state index contributed by atoms with van der Waals surface area (Å²) in [4.78, 5) is 0. The van der Waals surface area contributed by atoms with E-state index in [1.54, 1.807) is 11.3 Å². The van der Waals surface area contributed by atoms with Gasteiger partial charge < -0.3 is 4.74 Å². The van der Waals surface area contributed by atoms with Crippen LogP contribution in [0.3, 0.4) is 0 Å². The third kappa shape index (κ3) is 2.94. The van der Waals surface area contributed by atoms with Gasteiger partial charge in [0.25, 0.3) is 0 Å². The molecule has 1 aliphatic rings. The van der Waals surface area contributed by atoms with E-state index in [1.807, 2.05) is 0 Å². The van der Waals surface area contributed by atoms with Crippen LogP contribution < -0.4 is 11.3 Å². The molecule has 3 nitrogen and oxygen atoms in total. The summed E-state index contributed by atoms with van der Waals surface area (Å²) < 4.78 is 6.16. The van der Waals surface area contributed by atoms with Crippen LogP contribution in [0.15, 0.2) is 16.8 Å². The second-order valence-electron chi connectivity index (χ2n) is 6.38. The van der Waals surface area contributed by atoms with Crippen molar-refractivity contribution in [2.45, 2.75) is 57.8 Å². The van der Waals surface area contributed by atoms with Crippen LogP contribution in [0, 0.1) is 5.92 Å². The first-order valence-electron chi connectivity index (χ1n) is 6.51. The van der Waals surface area contributed by atoms with E-state index < -0.39 is 0 Å². The smallest absolute Gasteiger partial charge is 0.0678 e. The lowest BCUT2D eigenvalue weighted by molar-refractivity contribution is -0.0776. The maximum Gasteiger partial charge on any atom is 0.0678 e. The van der Waals surface area contributed by atoms with Gasteiger partial charge in [0.05, 0.1) is 11.2 Å². The average molecular weight is 268 g/mol. The highest BCUT2D eigenvalue weighted by Crippen LogP contribution is 2.44. The fourth-order valence-corrected chi connectivity index (χ4v) is 3.89. The fourth-order valence-electron chi connectivity index (χ4n) is 3.21. The Bertz CT molecular complexity index is 387. The predicted octanol–water partition coefficient (Wildman–Crippen LogP) is 2.72. The van der Waals surface area contributed by atoms with Crippen molar-refractivity contribution >= 4 is 11.3 Å². The van der Waals surface area contributed by atoms with E-state index in [0.717, 1.165) is 12.8 Å². The van der Waals surface area contributed by atoms with Crippen molar-refractivity contribution in [3.63, 3.8) is 0 Å². The highest BCUT2D eigenvalue weighted by Gasteiger charge is 2.48. The number of nitrogens with one attached hydrogen (secondary N) is 1. The molecule has 3 N–H and O–H groups in total. The standard InChI is InChI=1S/C14H24N2OS/c1-13(2)8-11(14(3,4)17-13)12(16-15)7-10-5-6-18-9-10/h5-6,9,11-12,16H,7-8,15H2,1-4H3. The minimum atomic E-state index is -0.128. The van der Waals surface area contributed by atoms with Crippen LogP contribution in [0.25, 0.3) is 0 Å². The molecular formula is C14H24N2OS. The van der Waals surface area contributed by atoms with E-state index in [2.05, 4.69) is 49.9 Å². The van der Waals surface area contributed by atoms with Gasteiger partial charge >= 0.3 is 0 Å². The molecule has 2 unspecified atom stereocenters. The zero-order valence-corrected chi connectivity index (χ0v) is 12.5. The van der Waals surface area contributed by atoms with Gasteiger partial charge in [0, 0.05) is 12.0 Å². The molecule has 1 aliphatic heterocycles. The van der Waals surface area contributed by atoms with E-state index in [1.165, 1.54) is 5.56 Å². The normalized spacial score (nSPS) is 27.3. The third-order valence-electron chi connectivity index (χ3n) is 3.88. The SMILES string of the molecule is CC1(C)CC(C(Cc2ccsc2)NN)C(C)(C)O1. The van der Waals surface area contributed by atoms with Gasteiger partial charge in [-0.1, -0.05) is 0 Å². The molecule has 1 saturated heterocycles. The van der Waals surface area contributed by atoms with Gasteiger partial charge in [-0.05, 0) is 62.9 Å². The molecule has 0 spiro atoms. The molecule has 4 heteroatoms. The number of hydrogen-bond acceptors (Lipinski definition) is 4. The lowest BCUT2D eigenvalue weighted by atomic mass is 9.80. The van der Waals surface area contributed by atoms with Crippen molar-refractivity contribution in [1.82, 2.24) is 5.43 Å². The van der Waals surface area contributed by atoms with Crippen LogP contribution >= 0.6 is 11.3 Å². The largest absolute Gasteiger partial charge is 0.369 e. The number of hydrazine groups is 1. The van der Waals surface area contributed by atoms with E-state index in [0.29, 0.717) is 5.92 Å². The minimum Gasteiger partial charge on any atom is -0.369 e. The summed E-state index contributed by atoms with van der Waals surface area (Å²) in [5.74, 6) is 6.20. The molecule has 1 aromatic rings. The molecule has 0 saturated carbocycles. The number of nitrogens with two attached hydrogens (primary N) is 1. The molecular weight excluding hydrogens is 244 g/mol. The van der Waals surface area contributed by atoms with Gasteiger partial charge in [-0.15, -0.1) is 0 Å². The molecule has 0 amide bonds. The maximum atomic E-state index is 6.16. The second-order valence-corrected chi connectivity index (χ2v) is 7.16. The summed E-state index contributed by atoms with van der Waals surface area (Å²) in [6.45, 7) is 8.66. The van der Waals surface area contributed by atoms with E-state index in [4.69, 9.17) is 10.6 Å². The number of thiophene rings is 1. The van der Waals surface area contributed by atoms with E-state index in [-0.39, 0.29) is 17.2 Å². The van der Waals surface area contributed by atoms with Crippen molar-refractivity contribution in [1.29, 1.82) is 0 Å². The van der Waals surface area contributed by atoms with Gasteiger partial charge in [-0.25, -0.2) is 0 Å². The zero-order valence-electron chi connectivity index (χ0n) is 11.7. The molecule has 0 bridgehead atoms. The summed E-state index contributed by atoms with van der Waals surface area (Å²) in [5.41, 5.74) is 4.16. The fraction of sp³-hybridized carbons (Fsp3) is 0.714. The molecule has 0 aliphatic carbocycles. The van der Waals surface area contributed by atoms with Crippen LogP contribution in [-0.2, 0) is 11.2 Å². The summed E-state index contributed by atoms with van der Waals surface area (Å²) in [6, 6.07) is 2.43. The molecule has 0 radical (unpaired) electrons. The molecule has 1 fully saturated rings. The summed E-state index contributed by atoms with van der Waals surface area (Å²) in [5, 5.41) is 4.31. The Labute approximate surface area is 114 Å². The Balaban J connectivity index is 2.12. The first-order chi connectivity index (χ1) is 8.34. The van der Waals surface area contributed by atoms with Crippen molar-refractivity contribution in [3.05, 3.63) is 22.4 Å². The molecule has 1 aromatic heterocycles. The van der Waals surface area contributed by atoms with Crippen molar-refractivity contribution in [3.8, 4) is 0 Å². The Kier molecular flexibility index (Phi) is 3.83. The van der Waals surface area contributed by atoms with Gasteiger partial charge in [0.1, 0.15) is 0 Å². The molecule has 2 heterocycles. The van der Waals surface area contributed by atoms with E-state index >= 15 is 0 Å². The van der Waals surface area contributed by atoms with Crippen molar-refractivity contribution in [2.75, 3.05) is 0 Å². The Morgan fingerprint density at radius 2 is 2.22 bits per heavy atom. The molecule has 102 valence electrons. The highest BCUT2D eigenvalue weighted by atomic mass is 32.1. The van der Waals surface area contributed by atoms with Crippen molar-refractivity contribution in [2.24, 2.45) is 11.8 Å². The maximum absolute atomic E-state index is 6.16. The quantitative estimate of drug-likeness (QED) is 0.652. The van der Waals surface area contributed by atoms with Gasteiger partial charge in [0.2, 0.25) is 0 Å². The van der Waals surface area contributed by atoms with Crippen LogP contribution in [0.2, 0.25) is 0 Å². The summed E-state index contributed by atoms with van der Waals surface area (Å²) in [6.07, 6.45) is 2.01. The summed E-state index contributed by atoms with van der Waals surface area (Å²) >= 11 is 1.73. The highest BCUT2D eigenvalue weighted by molar-refractivity contribution is 7.07. The lowest BCUT2D eigenvalue weighted by Gasteiger charge is -2.32. The molecule has 2 rings (SSSR count). The molecule has 18 heavy (non-hydrogen) atoms. The van der Waals surface area contributed by atoms with Crippen LogP contribution in [0.5, 0.6) is 0 Å². The average Bonchev–Trinajstić information content (AvgIpc) is 2.80. The second kappa shape index (κ2) is 4.93. The topological polar surface area (TPSA) is 47.3 Å². The Hall–Kier alpha value is -0.420. The Morgan fingerprint density at radius 1 is 1.50 bits per heavy atom. The van der Waals surface area contributed by atoms with Crippen LogP contribution in [0.4, 0.5) is 0 Å². The molecule has 0 aromatic carbocycles.